The Bertz CT molecular complexity index is 1620. The van der Waals surface area contributed by atoms with Gasteiger partial charge in [0.1, 0.15) is 22.6 Å². The molecule has 1 fully saturated rings. The quantitative estimate of drug-likeness (QED) is 0.216. The number of fused-ring (bicyclic) bond motifs is 2. The molecule has 1 spiro atoms. The maximum Gasteiger partial charge on any atom is 0.409 e. The van der Waals surface area contributed by atoms with Gasteiger partial charge in [0.25, 0.3) is 5.91 Å². The zero-order valence-corrected chi connectivity index (χ0v) is 26.8. The highest BCUT2D eigenvalue weighted by atomic mass is 31.2. The number of methoxy groups -OCH3 is 1. The summed E-state index contributed by atoms with van der Waals surface area (Å²) in [6.45, 7) is 2.49. The number of rotatable bonds is 11. The zero-order valence-electron chi connectivity index (χ0n) is 25.9. The lowest BCUT2D eigenvalue weighted by Gasteiger charge is -2.46. The standard InChI is InChI=1S/C29H39N6O10P/c1-4-42-27(39)34-12-10-29(11-13-34)14-21(25-22(44-29)8-9-23(32-25)41-2)31-26(38)20-7-5-6-19-15-35(33-24(19)20)45-46(3,40)43-18-28(30,16-36)17-37/h5-9,15,21,36-37H,4,10-14,16-18,30H2,1-3H3,(H,31,38)/t21-,46-/m0/s1. The summed E-state index contributed by atoms with van der Waals surface area (Å²) in [5.74, 6) is 0.441. The van der Waals surface area contributed by atoms with Gasteiger partial charge in [0.05, 0.1) is 63.5 Å². The number of hydrogen-bond acceptors (Lipinski definition) is 13. The Balaban J connectivity index is 1.36. The number of ether oxygens (including phenoxy) is 3. The molecule has 4 heterocycles. The molecule has 16 nitrogen and oxygen atoms in total. The van der Waals surface area contributed by atoms with Gasteiger partial charge < -0.3 is 45.0 Å². The minimum Gasteiger partial charge on any atom is -0.485 e. The van der Waals surface area contributed by atoms with Gasteiger partial charge in [-0.2, -0.15) is 0 Å². The molecule has 46 heavy (non-hydrogen) atoms. The summed E-state index contributed by atoms with van der Waals surface area (Å²) in [4.78, 5) is 33.3. The number of nitrogens with two attached hydrogens (primary N) is 1. The Morgan fingerprint density at radius 1 is 1.22 bits per heavy atom. The number of carbonyl (C=O) groups excluding carboxylic acids is 2. The first-order chi connectivity index (χ1) is 21.9. The molecule has 0 radical (unpaired) electrons. The fourth-order valence-electron chi connectivity index (χ4n) is 5.42. The van der Waals surface area contributed by atoms with E-state index in [-0.39, 0.29) is 17.2 Å². The molecule has 250 valence electrons. The number of hydrogen-bond donors (Lipinski definition) is 4. The summed E-state index contributed by atoms with van der Waals surface area (Å²) in [6.07, 6.45) is 2.54. The third-order valence-electron chi connectivity index (χ3n) is 8.02. The lowest BCUT2D eigenvalue weighted by molar-refractivity contribution is -0.0246. The van der Waals surface area contributed by atoms with Crippen molar-refractivity contribution in [3.8, 4) is 11.6 Å². The van der Waals surface area contributed by atoms with Gasteiger partial charge in [0, 0.05) is 43.8 Å². The third kappa shape index (κ3) is 7.21. The summed E-state index contributed by atoms with van der Waals surface area (Å²) < 4.78 is 40.7. The highest BCUT2D eigenvalue weighted by Gasteiger charge is 2.45. The van der Waals surface area contributed by atoms with Crippen LogP contribution in [0.4, 0.5) is 4.79 Å². The first-order valence-electron chi connectivity index (χ1n) is 14.8. The number of nitrogens with zero attached hydrogens (tertiary/aromatic N) is 4. The predicted molar refractivity (Wildman–Crippen MR) is 164 cm³/mol. The molecule has 0 saturated carbocycles. The summed E-state index contributed by atoms with van der Waals surface area (Å²) in [7, 11) is -2.30. The smallest absolute Gasteiger partial charge is 0.409 e. The van der Waals surface area contributed by atoms with Gasteiger partial charge >= 0.3 is 13.7 Å². The van der Waals surface area contributed by atoms with Crippen LogP contribution in [0.25, 0.3) is 10.9 Å². The molecule has 0 unspecified atom stereocenters. The van der Waals surface area contributed by atoms with Crippen molar-refractivity contribution in [3.05, 3.63) is 47.8 Å². The molecule has 2 aliphatic heterocycles. The van der Waals surface area contributed by atoms with E-state index in [9.17, 15) is 24.4 Å². The Morgan fingerprint density at radius 2 is 1.96 bits per heavy atom. The number of likely N-dealkylation sites (tertiary alicyclic amines) is 1. The first-order valence-corrected chi connectivity index (χ1v) is 16.8. The van der Waals surface area contributed by atoms with E-state index >= 15 is 0 Å². The number of pyridine rings is 1. The fourth-order valence-corrected chi connectivity index (χ4v) is 6.35. The second-order valence-electron chi connectivity index (χ2n) is 11.5. The van der Waals surface area contributed by atoms with Gasteiger partial charge in [0.15, 0.2) is 0 Å². The van der Waals surface area contributed by atoms with Crippen LogP contribution in [0.3, 0.4) is 0 Å². The van der Waals surface area contributed by atoms with Crippen molar-refractivity contribution in [1.82, 2.24) is 25.1 Å². The molecule has 2 aromatic heterocycles. The topological polar surface area (TPSA) is 210 Å². The van der Waals surface area contributed by atoms with E-state index in [1.807, 2.05) is 0 Å². The second kappa shape index (κ2) is 13.4. The van der Waals surface area contributed by atoms with Crippen LogP contribution in [0.2, 0.25) is 0 Å². The Labute approximate surface area is 265 Å². The van der Waals surface area contributed by atoms with Crippen LogP contribution in [0, 0.1) is 0 Å². The number of amides is 2. The number of aromatic nitrogens is 3. The number of aliphatic hydroxyl groups excluding tert-OH is 2. The highest BCUT2D eigenvalue weighted by molar-refractivity contribution is 7.53. The van der Waals surface area contributed by atoms with Gasteiger partial charge in [-0.15, -0.1) is 5.10 Å². The van der Waals surface area contributed by atoms with Gasteiger partial charge in [0.2, 0.25) is 5.88 Å². The van der Waals surface area contributed by atoms with Gasteiger partial charge in [-0.05, 0) is 19.1 Å². The van der Waals surface area contributed by atoms with E-state index in [0.717, 1.165) is 4.85 Å². The molecule has 5 rings (SSSR count). The molecule has 5 N–H and O–H groups in total. The van der Waals surface area contributed by atoms with Crippen LogP contribution >= 0.6 is 7.60 Å². The summed E-state index contributed by atoms with van der Waals surface area (Å²) in [5.41, 5.74) is 4.67. The summed E-state index contributed by atoms with van der Waals surface area (Å²) >= 11 is 0. The Hall–Kier alpha value is -3.95. The van der Waals surface area contributed by atoms with Crippen molar-refractivity contribution in [2.75, 3.05) is 53.3 Å². The van der Waals surface area contributed by atoms with Crippen LogP contribution in [0.1, 0.15) is 48.3 Å². The van der Waals surface area contributed by atoms with Gasteiger partial charge in [-0.25, -0.2) is 14.3 Å². The Kier molecular flexibility index (Phi) is 9.75. The second-order valence-corrected chi connectivity index (χ2v) is 13.5. The maximum atomic E-state index is 13.8. The molecule has 17 heteroatoms. The van der Waals surface area contributed by atoms with Crippen LogP contribution in [0.5, 0.6) is 11.6 Å². The molecule has 1 aromatic carbocycles. The molecule has 0 aliphatic carbocycles. The normalized spacial score (nSPS) is 18.7. The van der Waals surface area contributed by atoms with Crippen LogP contribution in [0.15, 0.2) is 36.5 Å². The number of piperidine rings is 1. The molecule has 2 aliphatic rings. The average Bonchev–Trinajstić information content (AvgIpc) is 3.45. The minimum atomic E-state index is -3.81. The van der Waals surface area contributed by atoms with Crippen LogP contribution in [-0.2, 0) is 13.8 Å². The molecule has 0 bridgehead atoms. The molecular weight excluding hydrogens is 623 g/mol. The van der Waals surface area contributed by atoms with E-state index in [0.29, 0.717) is 61.7 Å². The predicted octanol–water partition coefficient (Wildman–Crippen LogP) is 1.63. The third-order valence-corrected chi connectivity index (χ3v) is 9.08. The molecule has 3 aromatic rings. The van der Waals surface area contributed by atoms with Crippen molar-refractivity contribution in [1.29, 1.82) is 0 Å². The lowest BCUT2D eigenvalue weighted by Crippen LogP contribution is -2.53. The SMILES string of the molecule is CCOC(=O)N1CCC2(CC1)C[C@H](NC(=O)c1cccc3cn(O[P@@](C)(=O)OCC(N)(CO)CO)nc13)c1nc(OC)ccc1O2. The number of carbonyl (C=O) groups is 2. The van der Waals surface area contributed by atoms with Crippen molar-refractivity contribution < 1.29 is 47.7 Å². The van der Waals surface area contributed by atoms with Crippen LogP contribution < -0.4 is 25.1 Å². The summed E-state index contributed by atoms with van der Waals surface area (Å²) in [6, 6.07) is 7.89. The molecule has 1 saturated heterocycles. The average molecular weight is 663 g/mol. The molecule has 2 amide bonds. The minimum absolute atomic E-state index is 0.232. The fraction of sp³-hybridized carbons (Fsp3) is 0.517. The number of nitrogens with one attached hydrogen (secondary N) is 1. The summed E-state index contributed by atoms with van der Waals surface area (Å²) in [5, 5.41) is 26.7. The first kappa shape index (κ1) is 33.4. The zero-order chi connectivity index (χ0) is 33.1. The van der Waals surface area contributed by atoms with E-state index in [1.54, 1.807) is 42.2 Å². The number of aliphatic hydroxyl groups is 2. The van der Waals surface area contributed by atoms with Crippen LogP contribution in [-0.4, -0.2) is 106 Å². The van der Waals surface area contributed by atoms with E-state index in [2.05, 4.69) is 15.4 Å². The van der Waals surface area contributed by atoms with E-state index in [4.69, 9.17) is 29.1 Å². The lowest BCUT2D eigenvalue weighted by atomic mass is 9.81. The number of benzene rings is 1. The highest BCUT2D eigenvalue weighted by Crippen LogP contribution is 2.45. The Morgan fingerprint density at radius 3 is 2.63 bits per heavy atom. The maximum absolute atomic E-state index is 13.8. The van der Waals surface area contributed by atoms with E-state index in [1.165, 1.54) is 20.0 Å². The van der Waals surface area contributed by atoms with Gasteiger partial charge in [-0.3, -0.25) is 9.32 Å². The van der Waals surface area contributed by atoms with Crippen molar-refractivity contribution >= 4 is 30.5 Å². The molecule has 2 atom stereocenters. The van der Waals surface area contributed by atoms with Crippen molar-refractivity contribution in [3.63, 3.8) is 0 Å². The van der Waals surface area contributed by atoms with Crippen molar-refractivity contribution in [2.24, 2.45) is 5.73 Å². The largest absolute Gasteiger partial charge is 0.485 e. The molecular formula is C29H39N6O10P. The van der Waals surface area contributed by atoms with Gasteiger partial charge in [-0.1, -0.05) is 17.0 Å². The monoisotopic (exact) mass is 662 g/mol. The van der Waals surface area contributed by atoms with E-state index < -0.39 is 50.5 Å². The van der Waals surface area contributed by atoms with Crippen molar-refractivity contribution in [2.45, 2.75) is 43.4 Å².